The second-order valence-electron chi connectivity index (χ2n) is 6.03. The molecule has 2 bridgehead atoms. The molecule has 0 radical (unpaired) electrons. The van der Waals surface area contributed by atoms with E-state index >= 15 is 0 Å². The number of hydrogen-bond donors (Lipinski definition) is 0. The standard InChI is InChI=1S/C15H22O/c1-2-10(9-16)6-11-7-12-8-15(11)14-5-3-4-13(12)14/h6,9,11-15H,2-5,7-8H2,1H3. The molecule has 0 amide bonds. The molecule has 5 unspecified atom stereocenters. The van der Waals surface area contributed by atoms with E-state index in [1.54, 1.807) is 0 Å². The van der Waals surface area contributed by atoms with Gasteiger partial charge in [0.05, 0.1) is 0 Å². The van der Waals surface area contributed by atoms with Gasteiger partial charge in [0.2, 0.25) is 0 Å². The molecule has 3 saturated carbocycles. The van der Waals surface area contributed by atoms with Crippen molar-refractivity contribution in [2.24, 2.45) is 29.6 Å². The predicted octanol–water partition coefficient (Wildman–Crippen LogP) is 3.59. The fraction of sp³-hybridized carbons (Fsp3) is 0.800. The van der Waals surface area contributed by atoms with Crippen LogP contribution in [0.5, 0.6) is 0 Å². The van der Waals surface area contributed by atoms with Gasteiger partial charge in [-0.1, -0.05) is 19.4 Å². The Morgan fingerprint density at radius 1 is 1.19 bits per heavy atom. The third-order valence-corrected chi connectivity index (χ3v) is 5.47. The fourth-order valence-corrected chi connectivity index (χ4v) is 4.83. The molecule has 3 fully saturated rings. The Kier molecular flexibility index (Phi) is 2.65. The van der Waals surface area contributed by atoms with Crippen molar-refractivity contribution in [1.29, 1.82) is 0 Å². The van der Waals surface area contributed by atoms with E-state index in [0.29, 0.717) is 0 Å². The number of allylic oxidation sites excluding steroid dienone is 2. The highest BCUT2D eigenvalue weighted by Crippen LogP contribution is 2.61. The fourth-order valence-electron chi connectivity index (χ4n) is 4.83. The Bertz CT molecular complexity index is 317. The lowest BCUT2D eigenvalue weighted by molar-refractivity contribution is -0.105. The minimum atomic E-state index is 0.740. The molecule has 0 N–H and O–H groups in total. The second kappa shape index (κ2) is 4.01. The van der Waals surface area contributed by atoms with Gasteiger partial charge in [-0.25, -0.2) is 0 Å². The molecule has 0 aliphatic heterocycles. The van der Waals surface area contributed by atoms with Gasteiger partial charge in [-0.15, -0.1) is 0 Å². The summed E-state index contributed by atoms with van der Waals surface area (Å²) < 4.78 is 0. The quantitative estimate of drug-likeness (QED) is 0.522. The average molecular weight is 218 g/mol. The van der Waals surface area contributed by atoms with Crippen molar-refractivity contribution in [2.75, 3.05) is 0 Å². The van der Waals surface area contributed by atoms with Gasteiger partial charge in [-0.2, -0.15) is 0 Å². The Balaban J connectivity index is 1.76. The molecule has 16 heavy (non-hydrogen) atoms. The maximum atomic E-state index is 10.9. The zero-order valence-corrected chi connectivity index (χ0v) is 10.2. The van der Waals surface area contributed by atoms with Crippen molar-refractivity contribution in [1.82, 2.24) is 0 Å². The van der Waals surface area contributed by atoms with Crippen LogP contribution in [0.1, 0.15) is 45.4 Å². The predicted molar refractivity (Wildman–Crippen MR) is 65.0 cm³/mol. The number of carbonyl (C=O) groups is 1. The molecule has 1 nitrogen and oxygen atoms in total. The van der Waals surface area contributed by atoms with Crippen molar-refractivity contribution in [3.8, 4) is 0 Å². The van der Waals surface area contributed by atoms with Crippen LogP contribution >= 0.6 is 0 Å². The van der Waals surface area contributed by atoms with Gasteiger partial charge >= 0.3 is 0 Å². The minimum absolute atomic E-state index is 0.740. The molecular formula is C15H22O. The van der Waals surface area contributed by atoms with Crippen LogP contribution in [0.3, 0.4) is 0 Å². The van der Waals surface area contributed by atoms with Crippen LogP contribution in [0.2, 0.25) is 0 Å². The Morgan fingerprint density at radius 3 is 2.75 bits per heavy atom. The molecular weight excluding hydrogens is 196 g/mol. The summed E-state index contributed by atoms with van der Waals surface area (Å²) in [5.74, 6) is 4.76. The van der Waals surface area contributed by atoms with Gasteiger partial charge in [0.15, 0.2) is 0 Å². The molecule has 0 aromatic rings. The summed E-state index contributed by atoms with van der Waals surface area (Å²) >= 11 is 0. The normalized spacial score (nSPS) is 46.1. The lowest BCUT2D eigenvalue weighted by atomic mass is 9.75. The number of aldehydes is 1. The van der Waals surface area contributed by atoms with Crippen LogP contribution in [0.15, 0.2) is 11.6 Å². The van der Waals surface area contributed by atoms with Gasteiger partial charge in [-0.3, -0.25) is 4.79 Å². The Morgan fingerprint density at radius 2 is 2.00 bits per heavy atom. The zero-order valence-electron chi connectivity index (χ0n) is 10.2. The smallest absolute Gasteiger partial charge is 0.145 e. The summed E-state index contributed by atoms with van der Waals surface area (Å²) in [6, 6.07) is 0. The second-order valence-corrected chi connectivity index (χ2v) is 6.03. The molecule has 3 rings (SSSR count). The highest BCUT2D eigenvalue weighted by atomic mass is 16.1. The number of carbonyl (C=O) groups excluding carboxylic acids is 1. The summed E-state index contributed by atoms with van der Waals surface area (Å²) in [6.07, 6.45) is 11.6. The minimum Gasteiger partial charge on any atom is -0.298 e. The molecule has 1 heteroatoms. The highest BCUT2D eigenvalue weighted by Gasteiger charge is 2.52. The van der Waals surface area contributed by atoms with Crippen molar-refractivity contribution in [2.45, 2.75) is 45.4 Å². The first-order valence-corrected chi connectivity index (χ1v) is 6.99. The van der Waals surface area contributed by atoms with E-state index in [2.05, 4.69) is 13.0 Å². The summed E-state index contributed by atoms with van der Waals surface area (Å²) in [4.78, 5) is 10.9. The van der Waals surface area contributed by atoms with Crippen molar-refractivity contribution >= 4 is 6.29 Å². The monoisotopic (exact) mass is 218 g/mol. The van der Waals surface area contributed by atoms with Crippen LogP contribution < -0.4 is 0 Å². The molecule has 3 aliphatic carbocycles. The zero-order chi connectivity index (χ0) is 11.1. The van der Waals surface area contributed by atoms with Gasteiger partial charge in [0, 0.05) is 0 Å². The third-order valence-electron chi connectivity index (χ3n) is 5.47. The van der Waals surface area contributed by atoms with Crippen molar-refractivity contribution in [3.05, 3.63) is 11.6 Å². The lowest BCUT2D eigenvalue weighted by Crippen LogP contribution is -2.23. The summed E-state index contributed by atoms with van der Waals surface area (Å²) in [6.45, 7) is 2.09. The van der Waals surface area contributed by atoms with Crippen LogP contribution in [0.4, 0.5) is 0 Å². The van der Waals surface area contributed by atoms with Gasteiger partial charge < -0.3 is 0 Å². The number of rotatable bonds is 3. The molecule has 3 aliphatic rings. The maximum Gasteiger partial charge on any atom is 0.145 e. The molecule has 0 aromatic heterocycles. The first-order valence-electron chi connectivity index (χ1n) is 6.99. The summed E-state index contributed by atoms with van der Waals surface area (Å²) in [7, 11) is 0. The molecule has 0 heterocycles. The number of fused-ring (bicyclic) bond motifs is 5. The number of hydrogen-bond acceptors (Lipinski definition) is 1. The van der Waals surface area contributed by atoms with Crippen LogP contribution in [0.25, 0.3) is 0 Å². The topological polar surface area (TPSA) is 17.1 Å². The Labute approximate surface area is 98.3 Å². The van der Waals surface area contributed by atoms with Gasteiger partial charge in [0.1, 0.15) is 6.29 Å². The van der Waals surface area contributed by atoms with Crippen molar-refractivity contribution < 1.29 is 4.79 Å². The SMILES string of the molecule is CCC(C=O)=CC1CC2CC1C1CCCC21. The molecule has 5 atom stereocenters. The average Bonchev–Trinajstić information content (AvgIpc) is 2.96. The molecule has 88 valence electrons. The van der Waals surface area contributed by atoms with E-state index in [9.17, 15) is 4.79 Å². The summed E-state index contributed by atoms with van der Waals surface area (Å²) in [5.41, 5.74) is 1.03. The molecule has 0 saturated heterocycles. The molecule has 0 spiro atoms. The van der Waals surface area contributed by atoms with Crippen LogP contribution in [-0.4, -0.2) is 6.29 Å². The first kappa shape index (κ1) is 10.6. The maximum absolute atomic E-state index is 10.9. The Hall–Kier alpha value is -0.590. The van der Waals surface area contributed by atoms with Crippen LogP contribution in [0, 0.1) is 29.6 Å². The van der Waals surface area contributed by atoms with E-state index in [-0.39, 0.29) is 0 Å². The van der Waals surface area contributed by atoms with E-state index in [4.69, 9.17) is 0 Å². The summed E-state index contributed by atoms with van der Waals surface area (Å²) in [5, 5.41) is 0. The van der Waals surface area contributed by atoms with Crippen molar-refractivity contribution in [3.63, 3.8) is 0 Å². The third kappa shape index (κ3) is 1.48. The van der Waals surface area contributed by atoms with Gasteiger partial charge in [0.25, 0.3) is 0 Å². The van der Waals surface area contributed by atoms with Gasteiger partial charge in [-0.05, 0) is 67.3 Å². The van der Waals surface area contributed by atoms with E-state index in [1.807, 2.05) is 0 Å². The largest absolute Gasteiger partial charge is 0.298 e. The molecule has 0 aromatic carbocycles. The first-order chi connectivity index (χ1) is 7.83. The van der Waals surface area contributed by atoms with E-state index in [0.717, 1.165) is 47.9 Å². The lowest BCUT2D eigenvalue weighted by Gasteiger charge is -2.30. The highest BCUT2D eigenvalue weighted by molar-refractivity contribution is 5.73. The van der Waals surface area contributed by atoms with E-state index in [1.165, 1.54) is 32.1 Å². The van der Waals surface area contributed by atoms with Crippen LogP contribution in [-0.2, 0) is 4.79 Å². The van der Waals surface area contributed by atoms with E-state index < -0.39 is 0 Å².